The fraction of sp³-hybridized carbons (Fsp3) is 0.429. The standard InChI is InChI=1S/C21H26FN5/c1-5-17(16-7-8-19(27-23-4)14(2)11-16)18-12-24-20(26-15(18)3)25-13-21(22)9-6-10-21/h5,7-8,11-12H,6,9-10,13H2,1-4H3,(H,24,25,26)/b17-5-,27-23?. The van der Waals surface area contributed by atoms with Gasteiger partial charge in [-0.2, -0.15) is 10.2 Å². The Morgan fingerprint density at radius 3 is 2.67 bits per heavy atom. The minimum Gasteiger partial charge on any atom is -0.351 e. The molecule has 1 aliphatic carbocycles. The molecule has 0 saturated heterocycles. The van der Waals surface area contributed by atoms with Crippen molar-refractivity contribution in [3.8, 4) is 0 Å². The molecule has 0 unspecified atom stereocenters. The van der Waals surface area contributed by atoms with Gasteiger partial charge in [-0.3, -0.25) is 0 Å². The predicted molar refractivity (Wildman–Crippen MR) is 107 cm³/mol. The molecule has 3 rings (SSSR count). The second-order valence-electron chi connectivity index (χ2n) is 7.05. The third-order valence-corrected chi connectivity index (χ3v) is 5.09. The topological polar surface area (TPSA) is 62.5 Å². The molecule has 0 bridgehead atoms. The molecule has 1 aromatic heterocycles. The van der Waals surface area contributed by atoms with Gasteiger partial charge in [0.1, 0.15) is 5.67 Å². The van der Waals surface area contributed by atoms with E-state index in [4.69, 9.17) is 0 Å². The van der Waals surface area contributed by atoms with Crippen LogP contribution in [0.2, 0.25) is 0 Å². The van der Waals surface area contributed by atoms with Crippen LogP contribution < -0.4 is 5.32 Å². The molecule has 2 aromatic rings. The van der Waals surface area contributed by atoms with Crippen molar-refractivity contribution < 1.29 is 4.39 Å². The molecule has 0 spiro atoms. The van der Waals surface area contributed by atoms with E-state index in [1.807, 2.05) is 32.9 Å². The van der Waals surface area contributed by atoms with Crippen LogP contribution in [0.1, 0.15) is 48.6 Å². The molecule has 142 valence electrons. The summed E-state index contributed by atoms with van der Waals surface area (Å²) in [5.41, 5.74) is 4.78. The van der Waals surface area contributed by atoms with Crippen LogP contribution in [-0.4, -0.2) is 29.2 Å². The lowest BCUT2D eigenvalue weighted by atomic mass is 9.82. The van der Waals surface area contributed by atoms with Gasteiger partial charge in [-0.15, -0.1) is 0 Å². The Morgan fingerprint density at radius 2 is 2.11 bits per heavy atom. The van der Waals surface area contributed by atoms with Crippen molar-refractivity contribution in [3.05, 3.63) is 52.9 Å². The highest BCUT2D eigenvalue weighted by Crippen LogP contribution is 2.35. The van der Waals surface area contributed by atoms with Gasteiger partial charge in [0, 0.05) is 18.8 Å². The minimum atomic E-state index is -1.10. The lowest BCUT2D eigenvalue weighted by Gasteiger charge is -2.33. The molecular formula is C21H26FN5. The summed E-state index contributed by atoms with van der Waals surface area (Å²) in [5, 5.41) is 11.0. The Balaban J connectivity index is 1.82. The van der Waals surface area contributed by atoms with E-state index >= 15 is 0 Å². The highest BCUT2D eigenvalue weighted by atomic mass is 19.1. The summed E-state index contributed by atoms with van der Waals surface area (Å²) in [4.78, 5) is 8.94. The van der Waals surface area contributed by atoms with E-state index < -0.39 is 5.67 Å². The Morgan fingerprint density at radius 1 is 1.33 bits per heavy atom. The van der Waals surface area contributed by atoms with E-state index in [-0.39, 0.29) is 6.54 Å². The monoisotopic (exact) mass is 367 g/mol. The first kappa shape index (κ1) is 19.1. The third kappa shape index (κ3) is 4.21. The molecule has 1 aromatic carbocycles. The zero-order chi connectivity index (χ0) is 19.4. The molecular weight excluding hydrogens is 341 g/mol. The Labute approximate surface area is 159 Å². The van der Waals surface area contributed by atoms with Crippen LogP contribution in [0.3, 0.4) is 0 Å². The minimum absolute atomic E-state index is 0.273. The van der Waals surface area contributed by atoms with Crippen LogP contribution in [0.4, 0.5) is 16.0 Å². The predicted octanol–water partition coefficient (Wildman–Crippen LogP) is 5.56. The van der Waals surface area contributed by atoms with E-state index in [9.17, 15) is 4.39 Å². The number of anilines is 1. The fourth-order valence-electron chi connectivity index (χ4n) is 3.31. The number of benzene rings is 1. The van der Waals surface area contributed by atoms with Gasteiger partial charge >= 0.3 is 0 Å². The number of allylic oxidation sites excluding steroid dienone is 1. The molecule has 0 aliphatic heterocycles. The number of halogens is 1. The van der Waals surface area contributed by atoms with E-state index in [1.165, 1.54) is 0 Å². The summed E-state index contributed by atoms with van der Waals surface area (Å²) in [6, 6.07) is 6.09. The average molecular weight is 367 g/mol. The lowest BCUT2D eigenvalue weighted by molar-refractivity contribution is 0.0782. The third-order valence-electron chi connectivity index (χ3n) is 5.09. The maximum atomic E-state index is 14.2. The van der Waals surface area contributed by atoms with Crippen molar-refractivity contribution in [2.75, 3.05) is 18.9 Å². The molecule has 0 atom stereocenters. The van der Waals surface area contributed by atoms with E-state index in [1.54, 1.807) is 13.2 Å². The van der Waals surface area contributed by atoms with Crippen molar-refractivity contribution in [2.24, 2.45) is 10.2 Å². The van der Waals surface area contributed by atoms with Crippen molar-refractivity contribution in [1.82, 2.24) is 9.97 Å². The maximum absolute atomic E-state index is 14.2. The maximum Gasteiger partial charge on any atom is 0.222 e. The van der Waals surface area contributed by atoms with Crippen molar-refractivity contribution in [2.45, 2.75) is 45.7 Å². The van der Waals surface area contributed by atoms with Crippen molar-refractivity contribution in [3.63, 3.8) is 0 Å². The average Bonchev–Trinajstić information content (AvgIpc) is 2.63. The quantitative estimate of drug-likeness (QED) is 0.680. The number of rotatable bonds is 6. The lowest BCUT2D eigenvalue weighted by Crippen LogP contribution is -2.39. The number of nitrogens with one attached hydrogen (secondary N) is 1. The molecule has 27 heavy (non-hydrogen) atoms. The van der Waals surface area contributed by atoms with E-state index in [2.05, 4.69) is 37.7 Å². The molecule has 0 amide bonds. The smallest absolute Gasteiger partial charge is 0.222 e. The van der Waals surface area contributed by atoms with Gasteiger partial charge in [0.15, 0.2) is 0 Å². The van der Waals surface area contributed by atoms with Crippen LogP contribution >= 0.6 is 0 Å². The number of hydrogen-bond acceptors (Lipinski definition) is 5. The van der Waals surface area contributed by atoms with Crippen LogP contribution in [0.15, 0.2) is 40.7 Å². The molecule has 0 radical (unpaired) electrons. The number of aryl methyl sites for hydroxylation is 2. The first-order valence-corrected chi connectivity index (χ1v) is 9.30. The Hall–Kier alpha value is -2.63. The Bertz CT molecular complexity index is 884. The SMILES string of the molecule is C/C=C(/c1ccc(N=NC)c(C)c1)c1cnc(NCC2(F)CCC2)nc1C. The number of hydrogen-bond donors (Lipinski definition) is 1. The van der Waals surface area contributed by atoms with Crippen molar-refractivity contribution >= 4 is 17.2 Å². The van der Waals surface area contributed by atoms with Gasteiger partial charge in [0.2, 0.25) is 5.95 Å². The summed E-state index contributed by atoms with van der Waals surface area (Å²) in [6.07, 6.45) is 6.05. The first-order valence-electron chi connectivity index (χ1n) is 9.30. The zero-order valence-electron chi connectivity index (χ0n) is 16.4. The molecule has 5 nitrogen and oxygen atoms in total. The van der Waals surface area contributed by atoms with Crippen LogP contribution in [0, 0.1) is 13.8 Å². The van der Waals surface area contributed by atoms with Gasteiger partial charge in [0.05, 0.1) is 17.9 Å². The molecule has 6 heteroatoms. The summed E-state index contributed by atoms with van der Waals surface area (Å²) in [7, 11) is 1.66. The van der Waals surface area contributed by atoms with E-state index in [0.29, 0.717) is 18.8 Å². The number of aromatic nitrogens is 2. The molecule has 1 fully saturated rings. The summed E-state index contributed by atoms with van der Waals surface area (Å²) >= 11 is 0. The van der Waals surface area contributed by atoms with E-state index in [0.717, 1.165) is 40.1 Å². The zero-order valence-corrected chi connectivity index (χ0v) is 16.4. The molecule has 1 heterocycles. The summed E-state index contributed by atoms with van der Waals surface area (Å²) in [6.45, 7) is 6.24. The first-order chi connectivity index (χ1) is 13.0. The normalized spacial score (nSPS) is 16.4. The molecule has 1 N–H and O–H groups in total. The largest absolute Gasteiger partial charge is 0.351 e. The number of nitrogens with zero attached hydrogens (tertiary/aromatic N) is 4. The highest BCUT2D eigenvalue weighted by Gasteiger charge is 2.36. The molecule has 1 aliphatic rings. The fourth-order valence-corrected chi connectivity index (χ4v) is 3.31. The van der Waals surface area contributed by atoms with Gasteiger partial charge in [0.25, 0.3) is 0 Å². The van der Waals surface area contributed by atoms with Crippen LogP contribution in [0.5, 0.6) is 0 Å². The highest BCUT2D eigenvalue weighted by molar-refractivity contribution is 5.81. The van der Waals surface area contributed by atoms with Gasteiger partial charge in [-0.05, 0) is 68.9 Å². The number of azo groups is 1. The van der Waals surface area contributed by atoms with Crippen LogP contribution in [-0.2, 0) is 0 Å². The number of alkyl halides is 1. The molecule has 1 saturated carbocycles. The summed E-state index contributed by atoms with van der Waals surface area (Å²) in [5.74, 6) is 0.477. The Kier molecular flexibility index (Phi) is 5.63. The second-order valence-corrected chi connectivity index (χ2v) is 7.05. The second kappa shape index (κ2) is 7.94. The van der Waals surface area contributed by atoms with Gasteiger partial charge < -0.3 is 5.32 Å². The van der Waals surface area contributed by atoms with Gasteiger partial charge in [-0.1, -0.05) is 12.1 Å². The van der Waals surface area contributed by atoms with Gasteiger partial charge in [-0.25, -0.2) is 14.4 Å². The summed E-state index contributed by atoms with van der Waals surface area (Å²) < 4.78 is 14.2. The van der Waals surface area contributed by atoms with Crippen LogP contribution in [0.25, 0.3) is 5.57 Å². The van der Waals surface area contributed by atoms with Crippen molar-refractivity contribution in [1.29, 1.82) is 0 Å².